The fourth-order valence-corrected chi connectivity index (χ4v) is 2.39. The van der Waals surface area contributed by atoms with Crippen molar-refractivity contribution in [2.75, 3.05) is 10.5 Å². The van der Waals surface area contributed by atoms with Crippen LogP contribution < -0.4 is 10.5 Å². The maximum atomic E-state index is 13.1. The van der Waals surface area contributed by atoms with E-state index in [-0.39, 0.29) is 16.3 Å². The third kappa shape index (κ3) is 2.75. The van der Waals surface area contributed by atoms with Crippen LogP contribution in [-0.4, -0.2) is 13.4 Å². The van der Waals surface area contributed by atoms with Crippen molar-refractivity contribution in [3.63, 3.8) is 0 Å². The molecule has 0 aliphatic rings. The van der Waals surface area contributed by atoms with Crippen LogP contribution in [0.15, 0.2) is 47.6 Å². The Hall–Kier alpha value is -2.15. The Morgan fingerprint density at radius 1 is 1.28 bits per heavy atom. The molecule has 5 nitrogen and oxygen atoms in total. The van der Waals surface area contributed by atoms with Crippen molar-refractivity contribution in [2.24, 2.45) is 0 Å². The molecule has 7 heteroatoms. The summed E-state index contributed by atoms with van der Waals surface area (Å²) in [5.41, 5.74) is 5.63. The van der Waals surface area contributed by atoms with Crippen LogP contribution in [0.25, 0.3) is 0 Å². The van der Waals surface area contributed by atoms with Crippen molar-refractivity contribution < 1.29 is 12.8 Å². The largest absolute Gasteiger partial charge is 0.399 e. The number of nitrogens with zero attached hydrogens (tertiary/aromatic N) is 1. The number of pyridine rings is 1. The van der Waals surface area contributed by atoms with E-state index in [1.165, 1.54) is 30.6 Å². The van der Waals surface area contributed by atoms with Gasteiger partial charge in [0.05, 0.1) is 5.69 Å². The summed E-state index contributed by atoms with van der Waals surface area (Å²) in [6, 6.07) is 6.36. The predicted molar refractivity (Wildman–Crippen MR) is 65.9 cm³/mol. The van der Waals surface area contributed by atoms with Gasteiger partial charge in [0.1, 0.15) is 10.7 Å². The second kappa shape index (κ2) is 4.61. The number of aromatic nitrogens is 1. The lowest BCUT2D eigenvalue weighted by Crippen LogP contribution is -2.13. The molecule has 0 bridgehead atoms. The van der Waals surface area contributed by atoms with E-state index in [1.807, 2.05) is 0 Å². The van der Waals surface area contributed by atoms with Crippen LogP contribution >= 0.6 is 0 Å². The fourth-order valence-electron chi connectivity index (χ4n) is 1.39. The van der Waals surface area contributed by atoms with Crippen LogP contribution in [0.3, 0.4) is 0 Å². The summed E-state index contributed by atoms with van der Waals surface area (Å²) < 4.78 is 39.1. The van der Waals surface area contributed by atoms with E-state index in [2.05, 4.69) is 9.71 Å². The minimum Gasteiger partial charge on any atom is -0.399 e. The van der Waals surface area contributed by atoms with Gasteiger partial charge < -0.3 is 5.73 Å². The van der Waals surface area contributed by atoms with Gasteiger partial charge in [0.15, 0.2) is 0 Å². The van der Waals surface area contributed by atoms with Gasteiger partial charge in [-0.3, -0.25) is 9.71 Å². The van der Waals surface area contributed by atoms with Gasteiger partial charge in [-0.15, -0.1) is 0 Å². The summed E-state index contributed by atoms with van der Waals surface area (Å²) in [4.78, 5) is 3.70. The van der Waals surface area contributed by atoms with Crippen molar-refractivity contribution in [1.82, 2.24) is 4.98 Å². The SMILES string of the molecule is Nc1cc(F)cc(NS(=O)(=O)c2cccnc2)c1. The Morgan fingerprint density at radius 2 is 2.06 bits per heavy atom. The smallest absolute Gasteiger partial charge is 0.263 e. The number of benzene rings is 1. The van der Waals surface area contributed by atoms with Gasteiger partial charge >= 0.3 is 0 Å². The molecule has 2 aromatic rings. The van der Waals surface area contributed by atoms with Crippen molar-refractivity contribution >= 4 is 21.4 Å². The number of anilines is 2. The molecular weight excluding hydrogens is 257 g/mol. The van der Waals surface area contributed by atoms with Gasteiger partial charge in [0.25, 0.3) is 10.0 Å². The first-order valence-corrected chi connectivity index (χ1v) is 6.44. The van der Waals surface area contributed by atoms with Crippen molar-refractivity contribution in [3.05, 3.63) is 48.5 Å². The summed E-state index contributed by atoms with van der Waals surface area (Å²) in [5, 5.41) is 0. The molecule has 18 heavy (non-hydrogen) atoms. The molecule has 3 N–H and O–H groups in total. The first-order valence-electron chi connectivity index (χ1n) is 4.96. The molecule has 0 fully saturated rings. The van der Waals surface area contributed by atoms with Crippen LogP contribution in [0.5, 0.6) is 0 Å². The number of nitrogens with two attached hydrogens (primary N) is 1. The molecule has 0 atom stereocenters. The second-order valence-electron chi connectivity index (χ2n) is 3.57. The summed E-state index contributed by atoms with van der Waals surface area (Å²) in [5.74, 6) is -0.612. The van der Waals surface area contributed by atoms with E-state index in [9.17, 15) is 12.8 Å². The summed E-state index contributed by atoms with van der Waals surface area (Å²) >= 11 is 0. The molecule has 0 aliphatic heterocycles. The van der Waals surface area contributed by atoms with Crippen LogP contribution in [0.2, 0.25) is 0 Å². The molecule has 1 aromatic carbocycles. The van der Waals surface area contributed by atoms with E-state index < -0.39 is 15.8 Å². The highest BCUT2D eigenvalue weighted by molar-refractivity contribution is 7.92. The lowest BCUT2D eigenvalue weighted by Gasteiger charge is -2.08. The summed E-state index contributed by atoms with van der Waals surface area (Å²) in [6.07, 6.45) is 2.66. The maximum absolute atomic E-state index is 13.1. The van der Waals surface area contributed by atoms with Crippen LogP contribution in [0, 0.1) is 5.82 Å². The highest BCUT2D eigenvalue weighted by Gasteiger charge is 2.14. The Labute approximate surface area is 104 Å². The maximum Gasteiger partial charge on any atom is 0.263 e. The fraction of sp³-hybridized carbons (Fsp3) is 0. The third-order valence-corrected chi connectivity index (χ3v) is 3.48. The lowest BCUT2D eigenvalue weighted by molar-refractivity contribution is 0.600. The van der Waals surface area contributed by atoms with Crippen LogP contribution in [0.1, 0.15) is 0 Å². The van der Waals surface area contributed by atoms with Gasteiger partial charge in [0, 0.05) is 18.1 Å². The molecule has 0 unspecified atom stereocenters. The Kier molecular flexibility index (Phi) is 3.15. The Morgan fingerprint density at radius 3 is 2.67 bits per heavy atom. The van der Waals surface area contributed by atoms with Gasteiger partial charge in [-0.05, 0) is 30.3 Å². The molecule has 2 rings (SSSR count). The lowest BCUT2D eigenvalue weighted by atomic mass is 10.3. The predicted octanol–water partition coefficient (Wildman–Crippen LogP) is 1.60. The molecule has 1 aromatic heterocycles. The highest BCUT2D eigenvalue weighted by atomic mass is 32.2. The van der Waals surface area contributed by atoms with E-state index in [4.69, 9.17) is 5.73 Å². The summed E-state index contributed by atoms with van der Waals surface area (Å²) in [6.45, 7) is 0. The number of nitrogen functional groups attached to an aromatic ring is 1. The number of hydrogen-bond donors (Lipinski definition) is 2. The molecule has 94 valence electrons. The minimum absolute atomic E-state index is 0.00664. The molecule has 0 spiro atoms. The number of rotatable bonds is 3. The Bertz CT molecular complexity index is 639. The molecule has 1 heterocycles. The van der Waals surface area contributed by atoms with Gasteiger partial charge in [-0.2, -0.15) is 0 Å². The zero-order valence-corrected chi connectivity index (χ0v) is 9.99. The third-order valence-electron chi connectivity index (χ3n) is 2.12. The normalized spacial score (nSPS) is 11.2. The second-order valence-corrected chi connectivity index (χ2v) is 5.25. The average Bonchev–Trinajstić information content (AvgIpc) is 2.28. The Balaban J connectivity index is 2.34. The van der Waals surface area contributed by atoms with Crippen LogP contribution in [0.4, 0.5) is 15.8 Å². The zero-order valence-electron chi connectivity index (χ0n) is 9.17. The molecule has 0 saturated heterocycles. The van der Waals surface area contributed by atoms with E-state index >= 15 is 0 Å². The van der Waals surface area contributed by atoms with Crippen molar-refractivity contribution in [1.29, 1.82) is 0 Å². The van der Waals surface area contributed by atoms with Gasteiger partial charge in [-0.1, -0.05) is 0 Å². The first kappa shape index (κ1) is 12.3. The standard InChI is InChI=1S/C11H10FN3O2S/c12-8-4-9(13)6-10(5-8)15-18(16,17)11-2-1-3-14-7-11/h1-7,15H,13H2. The van der Waals surface area contributed by atoms with Crippen molar-refractivity contribution in [2.45, 2.75) is 4.90 Å². The van der Waals surface area contributed by atoms with Crippen molar-refractivity contribution in [3.8, 4) is 0 Å². The van der Waals surface area contributed by atoms with Gasteiger partial charge in [0.2, 0.25) is 0 Å². The molecule has 0 amide bonds. The molecular formula is C11H10FN3O2S. The summed E-state index contributed by atoms with van der Waals surface area (Å²) in [7, 11) is -3.78. The van der Waals surface area contributed by atoms with Crippen LogP contribution in [-0.2, 0) is 10.0 Å². The average molecular weight is 267 g/mol. The number of hydrogen-bond acceptors (Lipinski definition) is 4. The monoisotopic (exact) mass is 267 g/mol. The molecule has 0 aliphatic carbocycles. The zero-order chi connectivity index (χ0) is 13.2. The quantitative estimate of drug-likeness (QED) is 0.827. The highest BCUT2D eigenvalue weighted by Crippen LogP contribution is 2.19. The van der Waals surface area contributed by atoms with E-state index in [0.717, 1.165) is 12.1 Å². The number of nitrogens with one attached hydrogen (secondary N) is 1. The minimum atomic E-state index is -3.78. The van der Waals surface area contributed by atoms with Gasteiger partial charge in [-0.25, -0.2) is 12.8 Å². The first-order chi connectivity index (χ1) is 8.47. The number of sulfonamides is 1. The topological polar surface area (TPSA) is 85.1 Å². The molecule has 0 saturated carbocycles. The van der Waals surface area contributed by atoms with E-state index in [0.29, 0.717) is 0 Å². The number of halogens is 1. The molecule has 0 radical (unpaired) electrons. The van der Waals surface area contributed by atoms with E-state index in [1.54, 1.807) is 0 Å².